The lowest BCUT2D eigenvalue weighted by Crippen LogP contribution is -2.23. The SMILES string of the molecule is Cc1ccccc1C1CC1N=C(N)Nc1ccc2c(c1)OCCCO2. The Morgan fingerprint density at radius 1 is 1.12 bits per heavy atom. The number of anilines is 1. The zero-order chi connectivity index (χ0) is 17.2. The maximum Gasteiger partial charge on any atom is 0.193 e. The van der Waals surface area contributed by atoms with Crippen molar-refractivity contribution in [1.29, 1.82) is 0 Å². The molecule has 0 spiro atoms. The minimum absolute atomic E-state index is 0.258. The summed E-state index contributed by atoms with van der Waals surface area (Å²) in [6.07, 6.45) is 1.94. The molecule has 2 aliphatic rings. The second kappa shape index (κ2) is 6.67. The zero-order valence-corrected chi connectivity index (χ0v) is 14.4. The number of aryl methyl sites for hydroxylation is 1. The average Bonchev–Trinajstić information content (AvgIpc) is 3.38. The number of hydrogen-bond donors (Lipinski definition) is 2. The summed E-state index contributed by atoms with van der Waals surface area (Å²) in [7, 11) is 0. The van der Waals surface area contributed by atoms with Gasteiger partial charge in [0.1, 0.15) is 0 Å². The Hall–Kier alpha value is -2.69. The summed E-state index contributed by atoms with van der Waals surface area (Å²) in [5.41, 5.74) is 9.65. The van der Waals surface area contributed by atoms with Crippen molar-refractivity contribution in [1.82, 2.24) is 0 Å². The van der Waals surface area contributed by atoms with Crippen molar-refractivity contribution in [3.63, 3.8) is 0 Å². The van der Waals surface area contributed by atoms with E-state index in [1.54, 1.807) is 0 Å². The molecule has 4 rings (SSSR count). The van der Waals surface area contributed by atoms with Crippen LogP contribution in [0.5, 0.6) is 11.5 Å². The molecule has 1 fully saturated rings. The van der Waals surface area contributed by atoms with Crippen LogP contribution in [0.15, 0.2) is 47.5 Å². The molecular formula is C20H23N3O2. The molecule has 1 saturated carbocycles. The van der Waals surface area contributed by atoms with E-state index in [9.17, 15) is 0 Å². The number of nitrogens with zero attached hydrogens (tertiary/aromatic N) is 1. The van der Waals surface area contributed by atoms with Crippen LogP contribution in [-0.4, -0.2) is 25.2 Å². The van der Waals surface area contributed by atoms with Gasteiger partial charge in [0, 0.05) is 24.1 Å². The summed E-state index contributed by atoms with van der Waals surface area (Å²) in [6, 6.07) is 14.5. The van der Waals surface area contributed by atoms with E-state index in [0.717, 1.165) is 30.0 Å². The lowest BCUT2D eigenvalue weighted by molar-refractivity contribution is 0.297. The summed E-state index contributed by atoms with van der Waals surface area (Å²) in [5, 5.41) is 3.16. The number of nitrogens with one attached hydrogen (secondary N) is 1. The lowest BCUT2D eigenvalue weighted by atomic mass is 10.0. The molecule has 2 atom stereocenters. The normalized spacial score (nSPS) is 22.2. The van der Waals surface area contributed by atoms with Gasteiger partial charge < -0.3 is 20.5 Å². The van der Waals surface area contributed by atoms with E-state index >= 15 is 0 Å². The van der Waals surface area contributed by atoms with Gasteiger partial charge in [-0.1, -0.05) is 24.3 Å². The Kier molecular flexibility index (Phi) is 4.22. The van der Waals surface area contributed by atoms with E-state index < -0.39 is 0 Å². The molecule has 0 aromatic heterocycles. The van der Waals surface area contributed by atoms with Crippen LogP contribution in [0.4, 0.5) is 5.69 Å². The van der Waals surface area contributed by atoms with Crippen LogP contribution in [-0.2, 0) is 0 Å². The fourth-order valence-electron chi connectivity index (χ4n) is 3.26. The highest BCUT2D eigenvalue weighted by atomic mass is 16.5. The summed E-state index contributed by atoms with van der Waals surface area (Å²) < 4.78 is 11.3. The molecule has 0 radical (unpaired) electrons. The first-order valence-electron chi connectivity index (χ1n) is 8.76. The van der Waals surface area contributed by atoms with Crippen LogP contribution in [0.3, 0.4) is 0 Å². The molecule has 25 heavy (non-hydrogen) atoms. The third-order valence-electron chi connectivity index (χ3n) is 4.67. The number of hydrogen-bond acceptors (Lipinski definition) is 3. The number of benzene rings is 2. The van der Waals surface area contributed by atoms with Gasteiger partial charge in [-0.25, -0.2) is 4.99 Å². The Morgan fingerprint density at radius 2 is 1.92 bits per heavy atom. The number of guanidine groups is 1. The van der Waals surface area contributed by atoms with E-state index in [2.05, 4.69) is 41.5 Å². The fraction of sp³-hybridized carbons (Fsp3) is 0.350. The van der Waals surface area contributed by atoms with E-state index in [0.29, 0.717) is 25.1 Å². The number of aliphatic imine (C=N–C) groups is 1. The first kappa shape index (κ1) is 15.8. The highest BCUT2D eigenvalue weighted by molar-refractivity contribution is 5.92. The molecule has 0 bridgehead atoms. The highest BCUT2D eigenvalue weighted by Crippen LogP contribution is 2.44. The first-order valence-corrected chi connectivity index (χ1v) is 8.76. The average molecular weight is 337 g/mol. The number of ether oxygens (including phenoxy) is 2. The van der Waals surface area contributed by atoms with E-state index in [-0.39, 0.29) is 6.04 Å². The van der Waals surface area contributed by atoms with Crippen LogP contribution in [0.1, 0.15) is 29.9 Å². The molecule has 1 heterocycles. The second-order valence-corrected chi connectivity index (χ2v) is 6.62. The van der Waals surface area contributed by atoms with E-state index in [1.165, 1.54) is 11.1 Å². The van der Waals surface area contributed by atoms with Gasteiger partial charge in [0.15, 0.2) is 17.5 Å². The van der Waals surface area contributed by atoms with Gasteiger partial charge in [-0.3, -0.25) is 0 Å². The predicted molar refractivity (Wildman–Crippen MR) is 99.6 cm³/mol. The van der Waals surface area contributed by atoms with Crippen molar-refractivity contribution in [2.75, 3.05) is 18.5 Å². The Labute approximate surface area is 147 Å². The van der Waals surface area contributed by atoms with Gasteiger partial charge in [0.05, 0.1) is 19.3 Å². The summed E-state index contributed by atoms with van der Waals surface area (Å²) in [4.78, 5) is 4.62. The Bertz CT molecular complexity index is 803. The number of rotatable bonds is 3. The van der Waals surface area contributed by atoms with Crippen molar-refractivity contribution < 1.29 is 9.47 Å². The molecular weight excluding hydrogens is 314 g/mol. The van der Waals surface area contributed by atoms with E-state index in [4.69, 9.17) is 15.2 Å². The molecule has 2 aromatic rings. The van der Waals surface area contributed by atoms with Crippen molar-refractivity contribution in [3.8, 4) is 11.5 Å². The first-order chi connectivity index (χ1) is 12.2. The maximum atomic E-state index is 6.10. The Morgan fingerprint density at radius 3 is 2.76 bits per heavy atom. The molecule has 0 saturated heterocycles. The molecule has 0 amide bonds. The van der Waals surface area contributed by atoms with Crippen LogP contribution >= 0.6 is 0 Å². The minimum Gasteiger partial charge on any atom is -0.490 e. The third kappa shape index (κ3) is 3.55. The van der Waals surface area contributed by atoms with Crippen molar-refractivity contribution >= 4 is 11.6 Å². The molecule has 5 nitrogen and oxygen atoms in total. The van der Waals surface area contributed by atoms with Gasteiger partial charge in [-0.2, -0.15) is 0 Å². The smallest absolute Gasteiger partial charge is 0.193 e. The second-order valence-electron chi connectivity index (χ2n) is 6.62. The van der Waals surface area contributed by atoms with E-state index in [1.807, 2.05) is 18.2 Å². The topological polar surface area (TPSA) is 68.9 Å². The molecule has 2 aromatic carbocycles. The number of nitrogens with two attached hydrogens (primary N) is 1. The summed E-state index contributed by atoms with van der Waals surface area (Å²) in [6.45, 7) is 3.50. The van der Waals surface area contributed by atoms with Crippen molar-refractivity contribution in [2.24, 2.45) is 10.7 Å². The molecule has 130 valence electrons. The molecule has 1 aliphatic carbocycles. The standard InChI is InChI=1S/C20H23N3O2/c1-13-5-2-3-6-15(13)16-12-17(16)23-20(21)22-14-7-8-18-19(11-14)25-10-4-9-24-18/h2-3,5-8,11,16-17H,4,9-10,12H2,1H3,(H3,21,22,23). The van der Waals surface area contributed by atoms with Crippen LogP contribution in [0.25, 0.3) is 0 Å². The molecule has 3 N–H and O–H groups in total. The van der Waals surface area contributed by atoms with Crippen LogP contribution in [0.2, 0.25) is 0 Å². The minimum atomic E-state index is 0.258. The molecule has 2 unspecified atom stereocenters. The van der Waals surface area contributed by atoms with Crippen LogP contribution < -0.4 is 20.5 Å². The maximum absolute atomic E-state index is 6.10. The molecule has 1 aliphatic heterocycles. The highest BCUT2D eigenvalue weighted by Gasteiger charge is 2.39. The summed E-state index contributed by atoms with van der Waals surface area (Å²) >= 11 is 0. The van der Waals surface area contributed by atoms with Gasteiger partial charge >= 0.3 is 0 Å². The van der Waals surface area contributed by atoms with Gasteiger partial charge in [-0.15, -0.1) is 0 Å². The Balaban J connectivity index is 1.42. The summed E-state index contributed by atoms with van der Waals surface area (Å²) in [5.74, 6) is 2.45. The van der Waals surface area contributed by atoms with Crippen molar-refractivity contribution in [3.05, 3.63) is 53.6 Å². The lowest BCUT2D eigenvalue weighted by Gasteiger charge is -2.11. The largest absolute Gasteiger partial charge is 0.490 e. The quantitative estimate of drug-likeness (QED) is 0.665. The zero-order valence-electron chi connectivity index (χ0n) is 14.4. The van der Waals surface area contributed by atoms with Gasteiger partial charge in [0.25, 0.3) is 0 Å². The molecule has 5 heteroatoms. The van der Waals surface area contributed by atoms with Crippen LogP contribution in [0, 0.1) is 6.92 Å². The predicted octanol–water partition coefficient (Wildman–Crippen LogP) is 3.44. The number of fused-ring (bicyclic) bond motifs is 1. The van der Waals surface area contributed by atoms with Gasteiger partial charge in [-0.05, 0) is 36.6 Å². The monoisotopic (exact) mass is 337 g/mol. The third-order valence-corrected chi connectivity index (χ3v) is 4.67. The fourth-order valence-corrected chi connectivity index (χ4v) is 3.26. The van der Waals surface area contributed by atoms with Gasteiger partial charge in [0.2, 0.25) is 0 Å². The van der Waals surface area contributed by atoms with Crippen molar-refractivity contribution in [2.45, 2.75) is 31.7 Å².